The average molecular weight is 1710 g/mol. The molecular weight excluding hydrogens is 1510 g/mol. The second-order valence-electron chi connectivity index (χ2n) is 24.5. The number of carbonyl (C=O) groups excluding carboxylic acids is 15. The molecule has 1 aliphatic rings. The van der Waals surface area contributed by atoms with Gasteiger partial charge in [0.2, 0.25) is 29.5 Å². The number of amides is 5. The van der Waals surface area contributed by atoms with Crippen LogP contribution in [0, 0.1) is 35.5 Å². The maximum Gasteiger partial charge on any atom is 0.245 e. The topological polar surface area (TPSA) is 660 Å². The molecule has 0 spiro atoms. The van der Waals surface area contributed by atoms with Gasteiger partial charge in [-0.1, -0.05) is 275 Å². The molecule has 1 aliphatic heterocycles. The van der Waals surface area contributed by atoms with E-state index >= 15 is 0 Å². The Morgan fingerprint density at radius 2 is 0.619 bits per heavy atom. The first kappa shape index (κ1) is 185. The lowest BCUT2D eigenvalue weighted by Crippen LogP contribution is -2.58. The van der Waals surface area contributed by atoms with Crippen LogP contribution in [0.5, 0.6) is 0 Å². The molecule has 0 aliphatic carbocycles. The summed E-state index contributed by atoms with van der Waals surface area (Å²) < 4.78 is 0. The molecule has 0 radical (unpaired) electrons. The highest BCUT2D eigenvalue weighted by molar-refractivity contribution is 5.95. The van der Waals surface area contributed by atoms with Gasteiger partial charge in [0.1, 0.15) is 92.1 Å². The van der Waals surface area contributed by atoms with Gasteiger partial charge in [-0.3, -0.25) is 24.0 Å². The summed E-state index contributed by atoms with van der Waals surface area (Å²) in [5.74, 6) is 1.86. The lowest BCUT2D eigenvalue weighted by molar-refractivity contribution is -0.140. The predicted octanol–water partition coefficient (Wildman–Crippen LogP) is 17.4. The number of benzene rings is 3. The molecule has 31 nitrogen and oxygen atoms in total. The van der Waals surface area contributed by atoms with Crippen molar-refractivity contribution in [1.29, 1.82) is 0 Å². The fourth-order valence-corrected chi connectivity index (χ4v) is 6.24. The van der Waals surface area contributed by atoms with Gasteiger partial charge in [0.15, 0.2) is 0 Å². The Hall–Kier alpha value is -8.73. The summed E-state index contributed by atoms with van der Waals surface area (Å²) in [6.07, 6.45) is 13.5. The van der Waals surface area contributed by atoms with Crippen LogP contribution in [0.4, 0.5) is 0 Å². The number of hydrogen-bond donors (Lipinski definition) is 14. The van der Waals surface area contributed by atoms with Crippen LogP contribution in [0.15, 0.2) is 91.0 Å². The highest BCUT2D eigenvalue weighted by atomic mass is 16.3. The normalized spacial score (nSPS) is 10.0. The Morgan fingerprint density at radius 1 is 0.381 bits per heavy atom. The maximum atomic E-state index is 13.1. The highest BCUT2D eigenvalue weighted by Gasteiger charge is 2.33. The largest absolute Gasteiger partial charge is 0.393 e. The number of nitrogens with two attached hydrogens (primary N) is 1. The Balaban J connectivity index is -0.0000000359. The van der Waals surface area contributed by atoms with Crippen LogP contribution < -0.4 is 77.0 Å². The minimum atomic E-state index is -0.901. The minimum absolute atomic E-state index is 0. The van der Waals surface area contributed by atoms with E-state index < -0.39 is 41.9 Å². The molecule has 1 heterocycles. The van der Waals surface area contributed by atoms with Gasteiger partial charge in [0, 0.05) is 27.1 Å². The van der Waals surface area contributed by atoms with E-state index in [0.29, 0.717) is 19.5 Å². The highest BCUT2D eigenvalue weighted by Crippen LogP contribution is 2.16. The number of nitrogens with zero attached hydrogens (tertiary/aromatic N) is 2. The van der Waals surface area contributed by atoms with Crippen molar-refractivity contribution in [3.05, 3.63) is 108 Å². The van der Waals surface area contributed by atoms with Crippen molar-refractivity contribution in [2.45, 2.75) is 294 Å². The molecule has 3 aromatic carbocycles. The number of likely N-dealkylation sites (N-methyl/N-ethyl adjacent to an activating group) is 1. The first-order chi connectivity index (χ1) is 51.9. The van der Waals surface area contributed by atoms with Crippen molar-refractivity contribution in [3.8, 4) is 0 Å². The molecule has 4 rings (SSSR count). The molecule has 0 bridgehead atoms. The van der Waals surface area contributed by atoms with Gasteiger partial charge < -0.3 is 140 Å². The first-order valence-corrected chi connectivity index (χ1v) is 37.6. The molecule has 31 heteroatoms. The van der Waals surface area contributed by atoms with E-state index in [1.807, 2.05) is 139 Å². The van der Waals surface area contributed by atoms with Crippen molar-refractivity contribution in [2.24, 2.45) is 41.2 Å². The molecule has 1 saturated heterocycles. The van der Waals surface area contributed by atoms with E-state index in [1.54, 1.807) is 20.8 Å². The number of piperidine rings is 1. The number of hydrogen-bond acceptors (Lipinski definition) is 26. The van der Waals surface area contributed by atoms with Gasteiger partial charge >= 0.3 is 0 Å². The van der Waals surface area contributed by atoms with Gasteiger partial charge in [-0.15, -0.1) is 0 Å². The molecule has 0 unspecified atom stereocenters. The van der Waals surface area contributed by atoms with E-state index in [4.69, 9.17) is 53.1 Å². The standard InChI is InChI=1S/C26H47N5O5.3C8H10.4C5H12.C4H10O.C2H6.CH5N.10CH2O.9H3N/c1-9-17(4)22(26(36)31-13-11-10-12-14-31)29-23(33)18(5)27-25(35)21(15-16(2)3)28-24(34)19(6)30(8)20(7)32;3*1-2-8-6-4-3-5-7-8;4*1-4-5(2)3;1-3-4(2)5;12*1-2;;;;;;;;;/h16-19,21-22H,9-15H2,1-8H3,(H,27,35)(H,28,34)(H,29,33);3*3-7H,2H2,1H3;4*5H,4H2,1-3H3;4-5H,3H2,1-2H3;1-2H3;2H2,1H3;10*1H2;9*1H3/t17-,18-,19-,21-,22-;;;;;;;;4-;;;;;;;;;;;;;;;;;;;;;/m0.......1...................../s1. The third kappa shape index (κ3) is 152. The lowest BCUT2D eigenvalue weighted by atomic mass is 9.96. The van der Waals surface area contributed by atoms with Crippen LogP contribution in [0.1, 0.15) is 261 Å². The number of aliphatic hydroxyl groups excluding tert-OH is 1. The number of carbonyl (C=O) groups is 15. The van der Waals surface area contributed by atoms with Crippen molar-refractivity contribution >= 4 is 97.4 Å². The monoisotopic (exact) mass is 1700 g/mol. The predicted molar refractivity (Wildman–Crippen MR) is 507 cm³/mol. The fraction of sp³-hybridized carbons (Fsp3) is 0.621. The molecule has 118 heavy (non-hydrogen) atoms. The Labute approximate surface area is 722 Å². The number of likely N-dealkylation sites (tertiary alicyclic amines) is 1. The van der Waals surface area contributed by atoms with Crippen LogP contribution >= 0.6 is 0 Å². The number of rotatable bonds is 20. The van der Waals surface area contributed by atoms with Gasteiger partial charge in [-0.25, -0.2) is 0 Å². The van der Waals surface area contributed by atoms with Crippen molar-refractivity contribution in [3.63, 3.8) is 0 Å². The summed E-state index contributed by atoms with van der Waals surface area (Å²) in [5, 5.41) is 16.6. The molecule has 1 fully saturated rings. The zero-order valence-corrected chi connectivity index (χ0v) is 80.6. The van der Waals surface area contributed by atoms with E-state index in [1.165, 1.54) is 68.3 Å². The Kier molecular flexibility index (Phi) is 256. The first-order valence-electron chi connectivity index (χ1n) is 37.6. The van der Waals surface area contributed by atoms with Crippen LogP contribution in [-0.2, 0) is 91.2 Å². The SMILES string of the molecule is C=O.C=O.C=O.C=O.C=O.C=O.C=O.C=O.C=O.C=O.CC.CCC(C)C.CCC(C)C.CCC(C)C.CCC(C)C.CC[C@@H](C)O.CC[C@H](C)[C@H](NC(=O)[C@H](C)NC(=O)[C@H](CC(C)C)NC(=O)[C@H](C)N(C)C(C)=O)C(=O)N1CCCCC1.CCc1ccccc1.CCc1ccccc1.CCc1ccccc1.CN.N.N.N.N.N.N.N.N.N. The van der Waals surface area contributed by atoms with E-state index in [2.05, 4.69) is 198 Å². The molecule has 6 atom stereocenters. The third-order valence-electron chi connectivity index (χ3n) is 14.6. The Bertz CT molecular complexity index is 2060. The zero-order valence-electron chi connectivity index (χ0n) is 80.6. The molecule has 712 valence electrons. The third-order valence-corrected chi connectivity index (χ3v) is 14.6. The van der Waals surface area contributed by atoms with Crippen molar-refractivity contribution in [2.75, 3.05) is 27.2 Å². The Morgan fingerprint density at radius 3 is 0.797 bits per heavy atom. The van der Waals surface area contributed by atoms with Crippen LogP contribution in [0.2, 0.25) is 0 Å². The summed E-state index contributed by atoms with van der Waals surface area (Å²) >= 11 is 0. The van der Waals surface area contributed by atoms with Gasteiger partial charge in [-0.2, -0.15) is 0 Å². The fourth-order valence-electron chi connectivity index (χ4n) is 6.24. The molecule has 3 aromatic rings. The average Bonchev–Trinajstić information content (AvgIpc) is 0.849. The summed E-state index contributed by atoms with van der Waals surface area (Å²) in [6.45, 7) is 74.5. The smallest absolute Gasteiger partial charge is 0.245 e. The number of aliphatic hydroxyl groups is 1. The summed E-state index contributed by atoms with van der Waals surface area (Å²) in [4.78, 5) is 147. The summed E-state index contributed by atoms with van der Waals surface area (Å²) in [5.41, 5.74) is 8.73. The maximum absolute atomic E-state index is 13.1. The van der Waals surface area contributed by atoms with Crippen LogP contribution in [-0.4, -0.2) is 170 Å². The van der Waals surface area contributed by atoms with E-state index in [-0.39, 0.29) is 85.1 Å². The zero-order chi connectivity index (χ0) is 90.5. The quantitative estimate of drug-likeness (QED) is 0.0499. The molecular formula is C87H193N15O16. The molecule has 0 saturated carbocycles. The second kappa shape index (κ2) is 164. The number of aryl methyl sites for hydroxylation is 3. The molecule has 5 amide bonds. The summed E-state index contributed by atoms with van der Waals surface area (Å²) in [7, 11) is 3.02. The lowest BCUT2D eigenvalue weighted by Gasteiger charge is -2.33. The molecule has 33 N–H and O–H groups in total. The minimum Gasteiger partial charge on any atom is -0.393 e. The summed E-state index contributed by atoms with van der Waals surface area (Å²) in [6, 6.07) is 28.2. The van der Waals surface area contributed by atoms with Gasteiger partial charge in [0.25, 0.3) is 0 Å². The second-order valence-corrected chi connectivity index (χ2v) is 24.5. The van der Waals surface area contributed by atoms with E-state index in [0.717, 1.165) is 75.0 Å². The van der Waals surface area contributed by atoms with Crippen LogP contribution in [0.3, 0.4) is 0 Å². The number of nitrogens with one attached hydrogen (secondary N) is 3. The van der Waals surface area contributed by atoms with Crippen LogP contribution in [0.25, 0.3) is 0 Å². The van der Waals surface area contributed by atoms with Gasteiger partial charge in [-0.05, 0) is 131 Å². The van der Waals surface area contributed by atoms with E-state index in [9.17, 15) is 24.0 Å². The van der Waals surface area contributed by atoms with Crippen molar-refractivity contribution < 1.29 is 77.0 Å². The molecule has 0 aromatic heterocycles. The van der Waals surface area contributed by atoms with Crippen molar-refractivity contribution in [1.82, 2.24) is 81.1 Å². The van der Waals surface area contributed by atoms with Gasteiger partial charge in [0.05, 0.1) is 6.10 Å².